The molecule has 0 saturated carbocycles. The number of fused-ring (bicyclic) bond motifs is 1. The maximum absolute atomic E-state index is 13.9. The molecule has 29 heavy (non-hydrogen) atoms. The zero-order valence-electron chi connectivity index (χ0n) is 16.6. The lowest BCUT2D eigenvalue weighted by Crippen LogP contribution is -2.30. The van der Waals surface area contributed by atoms with E-state index >= 15 is 0 Å². The van der Waals surface area contributed by atoms with Gasteiger partial charge in [-0.25, -0.2) is 4.39 Å². The molecule has 152 valence electrons. The Hall–Kier alpha value is -3.22. The van der Waals surface area contributed by atoms with E-state index in [0.717, 1.165) is 12.8 Å². The van der Waals surface area contributed by atoms with E-state index in [2.05, 4.69) is 5.32 Å². The largest absolute Gasteiger partial charge is 0.494 e. The standard InChI is InChI=1S/C22H23FN2O4/c1-4-5-10-25-21(27)16-8-6-15(11-17(16)22(25)28)20(26)24-13(2)14-7-9-19(29-3)18(23)12-14/h6-9,11-13H,4-5,10H2,1-3H3,(H,24,26). The molecule has 6 nitrogen and oxygen atoms in total. The van der Waals surface area contributed by atoms with E-state index < -0.39 is 17.8 Å². The minimum Gasteiger partial charge on any atom is -0.494 e. The average Bonchev–Trinajstić information content (AvgIpc) is 2.95. The van der Waals surface area contributed by atoms with E-state index in [1.54, 1.807) is 13.0 Å². The number of imide groups is 1. The molecule has 2 aromatic rings. The van der Waals surface area contributed by atoms with Gasteiger partial charge in [-0.1, -0.05) is 19.4 Å². The summed E-state index contributed by atoms with van der Waals surface area (Å²) in [5, 5.41) is 2.78. The molecule has 0 aliphatic carbocycles. The fourth-order valence-corrected chi connectivity index (χ4v) is 3.27. The van der Waals surface area contributed by atoms with Crippen LogP contribution in [0.25, 0.3) is 0 Å². The highest BCUT2D eigenvalue weighted by Gasteiger charge is 2.35. The van der Waals surface area contributed by atoms with Gasteiger partial charge in [0.1, 0.15) is 0 Å². The minimum atomic E-state index is -0.514. The molecule has 0 spiro atoms. The second-order valence-corrected chi connectivity index (χ2v) is 6.96. The Morgan fingerprint density at radius 2 is 1.86 bits per heavy atom. The van der Waals surface area contributed by atoms with E-state index in [4.69, 9.17) is 4.74 Å². The molecule has 0 saturated heterocycles. The van der Waals surface area contributed by atoms with Crippen LogP contribution in [0.3, 0.4) is 0 Å². The van der Waals surface area contributed by atoms with Crippen molar-refractivity contribution in [3.8, 4) is 5.75 Å². The second kappa shape index (κ2) is 8.43. The number of amides is 3. The maximum atomic E-state index is 13.9. The molecule has 2 aromatic carbocycles. The van der Waals surface area contributed by atoms with Gasteiger partial charge in [0.15, 0.2) is 11.6 Å². The molecule has 3 amide bonds. The summed E-state index contributed by atoms with van der Waals surface area (Å²) in [6, 6.07) is 8.48. The highest BCUT2D eigenvalue weighted by molar-refractivity contribution is 6.22. The monoisotopic (exact) mass is 398 g/mol. The molecule has 7 heteroatoms. The highest BCUT2D eigenvalue weighted by atomic mass is 19.1. The van der Waals surface area contributed by atoms with Gasteiger partial charge >= 0.3 is 0 Å². The predicted octanol–water partition coefficient (Wildman–Crippen LogP) is 3.72. The second-order valence-electron chi connectivity index (χ2n) is 6.96. The number of hydrogen-bond acceptors (Lipinski definition) is 4. The van der Waals surface area contributed by atoms with Crippen LogP contribution in [-0.4, -0.2) is 36.3 Å². The number of hydrogen-bond donors (Lipinski definition) is 1. The van der Waals surface area contributed by atoms with Gasteiger partial charge in [-0.3, -0.25) is 19.3 Å². The number of rotatable bonds is 7. The lowest BCUT2D eigenvalue weighted by Gasteiger charge is -2.15. The van der Waals surface area contributed by atoms with Crippen LogP contribution in [0.15, 0.2) is 36.4 Å². The molecular formula is C22H23FN2O4. The molecular weight excluding hydrogens is 375 g/mol. The molecule has 1 N–H and O–H groups in total. The van der Waals surface area contributed by atoms with Crippen LogP contribution in [0.4, 0.5) is 4.39 Å². The van der Waals surface area contributed by atoms with Crippen LogP contribution in [0.2, 0.25) is 0 Å². The SMILES string of the molecule is CCCCN1C(=O)c2ccc(C(=O)NC(C)c3ccc(OC)c(F)c3)cc2C1=O. The number of methoxy groups -OCH3 is 1. The molecule has 1 heterocycles. The molecule has 1 unspecified atom stereocenters. The van der Waals surface area contributed by atoms with Gasteiger partial charge in [0.25, 0.3) is 17.7 Å². The van der Waals surface area contributed by atoms with Crippen molar-refractivity contribution >= 4 is 17.7 Å². The average molecular weight is 398 g/mol. The van der Waals surface area contributed by atoms with Gasteiger partial charge in [0.05, 0.1) is 24.3 Å². The topological polar surface area (TPSA) is 75.7 Å². The van der Waals surface area contributed by atoms with Crippen molar-refractivity contribution in [2.75, 3.05) is 13.7 Å². The van der Waals surface area contributed by atoms with Gasteiger partial charge < -0.3 is 10.1 Å². The number of ether oxygens (including phenoxy) is 1. The maximum Gasteiger partial charge on any atom is 0.261 e. The van der Waals surface area contributed by atoms with Gasteiger partial charge in [0, 0.05) is 12.1 Å². The summed E-state index contributed by atoms with van der Waals surface area (Å²) < 4.78 is 18.8. The summed E-state index contributed by atoms with van der Waals surface area (Å²) in [4.78, 5) is 38.8. The first-order valence-electron chi connectivity index (χ1n) is 9.52. The third kappa shape index (κ3) is 3.99. The van der Waals surface area contributed by atoms with Crippen LogP contribution in [0, 0.1) is 5.82 Å². The van der Waals surface area contributed by atoms with Crippen molar-refractivity contribution in [3.63, 3.8) is 0 Å². The first-order valence-corrected chi connectivity index (χ1v) is 9.52. The first kappa shape index (κ1) is 20.5. The number of nitrogens with zero attached hydrogens (tertiary/aromatic N) is 1. The van der Waals surface area contributed by atoms with Gasteiger partial charge in [-0.15, -0.1) is 0 Å². The van der Waals surface area contributed by atoms with Crippen LogP contribution in [-0.2, 0) is 0 Å². The summed E-state index contributed by atoms with van der Waals surface area (Å²) in [7, 11) is 1.38. The third-order valence-electron chi connectivity index (χ3n) is 4.99. The molecule has 1 atom stereocenters. The number of benzene rings is 2. The molecule has 0 aromatic heterocycles. The number of unbranched alkanes of at least 4 members (excludes halogenated alkanes) is 1. The van der Waals surface area contributed by atoms with Crippen molar-refractivity contribution in [3.05, 3.63) is 64.5 Å². The Morgan fingerprint density at radius 3 is 2.52 bits per heavy atom. The Bertz CT molecular complexity index is 973. The predicted molar refractivity (Wildman–Crippen MR) is 106 cm³/mol. The quantitative estimate of drug-likeness (QED) is 0.722. The van der Waals surface area contributed by atoms with E-state index in [1.807, 2.05) is 6.92 Å². The normalized spacial score (nSPS) is 14.0. The van der Waals surface area contributed by atoms with Gasteiger partial charge in [-0.05, 0) is 49.2 Å². The summed E-state index contributed by atoms with van der Waals surface area (Å²) in [6.07, 6.45) is 1.60. The third-order valence-corrected chi connectivity index (χ3v) is 4.99. The molecule has 1 aliphatic rings. The molecule has 1 aliphatic heterocycles. The number of carbonyl (C=O) groups is 3. The van der Waals surface area contributed by atoms with Crippen molar-refractivity contribution in [1.82, 2.24) is 10.2 Å². The van der Waals surface area contributed by atoms with Crippen LogP contribution >= 0.6 is 0 Å². The lowest BCUT2D eigenvalue weighted by atomic mass is 10.0. The van der Waals surface area contributed by atoms with E-state index in [0.29, 0.717) is 17.7 Å². The summed E-state index contributed by atoms with van der Waals surface area (Å²) >= 11 is 0. The van der Waals surface area contributed by atoms with Gasteiger partial charge in [0.2, 0.25) is 0 Å². The zero-order chi connectivity index (χ0) is 21.1. The summed E-state index contributed by atoms with van der Waals surface area (Å²) in [5.74, 6) is -1.50. The molecule has 3 rings (SSSR count). The summed E-state index contributed by atoms with van der Waals surface area (Å²) in [6.45, 7) is 4.08. The fraction of sp³-hybridized carbons (Fsp3) is 0.318. The van der Waals surface area contributed by atoms with E-state index in [-0.39, 0.29) is 28.7 Å². The van der Waals surface area contributed by atoms with Crippen molar-refractivity contribution in [2.45, 2.75) is 32.7 Å². The Kier molecular flexibility index (Phi) is 5.96. The van der Waals surface area contributed by atoms with Crippen LogP contribution in [0.5, 0.6) is 5.75 Å². The smallest absolute Gasteiger partial charge is 0.261 e. The zero-order valence-corrected chi connectivity index (χ0v) is 16.6. The number of halogens is 1. The minimum absolute atomic E-state index is 0.127. The van der Waals surface area contributed by atoms with Crippen molar-refractivity contribution in [1.29, 1.82) is 0 Å². The Morgan fingerprint density at radius 1 is 1.14 bits per heavy atom. The van der Waals surface area contributed by atoms with Crippen molar-refractivity contribution in [2.24, 2.45) is 0 Å². The van der Waals surface area contributed by atoms with E-state index in [9.17, 15) is 18.8 Å². The summed E-state index contributed by atoms with van der Waals surface area (Å²) in [5.41, 5.74) is 1.40. The Labute approximate surface area is 168 Å². The molecule has 0 radical (unpaired) electrons. The number of nitrogens with one attached hydrogen (secondary N) is 1. The first-order chi connectivity index (χ1) is 13.9. The lowest BCUT2D eigenvalue weighted by molar-refractivity contribution is 0.0652. The molecule has 0 fully saturated rings. The molecule has 0 bridgehead atoms. The number of carbonyl (C=O) groups excluding carboxylic acids is 3. The van der Waals surface area contributed by atoms with Crippen LogP contribution < -0.4 is 10.1 Å². The van der Waals surface area contributed by atoms with E-state index in [1.165, 1.54) is 42.3 Å². The fourth-order valence-electron chi connectivity index (χ4n) is 3.27. The van der Waals surface area contributed by atoms with Crippen LogP contribution in [0.1, 0.15) is 69.4 Å². The Balaban J connectivity index is 1.76. The van der Waals surface area contributed by atoms with Gasteiger partial charge in [-0.2, -0.15) is 0 Å². The van der Waals surface area contributed by atoms with Crippen molar-refractivity contribution < 1.29 is 23.5 Å². The highest BCUT2D eigenvalue weighted by Crippen LogP contribution is 2.25.